The molecular formula is C15H19FN2O3. The molecule has 0 saturated carbocycles. The molecule has 1 rings (SSSR count). The lowest BCUT2D eigenvalue weighted by Gasteiger charge is -2.21. The Labute approximate surface area is 123 Å². The summed E-state index contributed by atoms with van der Waals surface area (Å²) in [7, 11) is 0. The maximum atomic E-state index is 13.0. The van der Waals surface area contributed by atoms with Gasteiger partial charge in [0, 0.05) is 0 Å². The van der Waals surface area contributed by atoms with Crippen LogP contribution in [0.3, 0.4) is 0 Å². The zero-order valence-electron chi connectivity index (χ0n) is 12.6. The second-order valence-electron chi connectivity index (χ2n) is 5.56. The summed E-state index contributed by atoms with van der Waals surface area (Å²) in [4.78, 5) is 11.5. The van der Waals surface area contributed by atoms with E-state index in [9.17, 15) is 9.18 Å². The number of nitrogens with zero attached hydrogens (tertiary/aromatic N) is 1. The quantitative estimate of drug-likeness (QED) is 0.926. The smallest absolute Gasteiger partial charge is 0.407 e. The molecule has 5 nitrogen and oxygen atoms in total. The van der Waals surface area contributed by atoms with E-state index in [0.29, 0.717) is 0 Å². The lowest BCUT2D eigenvalue weighted by molar-refractivity contribution is 0.0505. The molecule has 0 fully saturated rings. The summed E-state index contributed by atoms with van der Waals surface area (Å²) in [6, 6.07) is 5.56. The number of benzene rings is 1. The van der Waals surface area contributed by atoms with E-state index in [1.54, 1.807) is 27.7 Å². The van der Waals surface area contributed by atoms with E-state index in [0.717, 1.165) is 6.07 Å². The molecule has 1 aromatic rings. The molecule has 114 valence electrons. The fraction of sp³-hybridized carbons (Fsp3) is 0.467. The summed E-state index contributed by atoms with van der Waals surface area (Å²) in [5.41, 5.74) is -0.460. The van der Waals surface area contributed by atoms with Crippen molar-refractivity contribution in [1.29, 1.82) is 5.26 Å². The van der Waals surface area contributed by atoms with Crippen molar-refractivity contribution < 1.29 is 18.7 Å². The molecule has 21 heavy (non-hydrogen) atoms. The van der Waals surface area contributed by atoms with Crippen LogP contribution in [-0.4, -0.2) is 24.3 Å². The summed E-state index contributed by atoms with van der Waals surface area (Å²) in [6.45, 7) is 7.23. The van der Waals surface area contributed by atoms with E-state index in [2.05, 4.69) is 5.32 Å². The van der Waals surface area contributed by atoms with E-state index >= 15 is 0 Å². The molecule has 0 heterocycles. The lowest BCUT2D eigenvalue weighted by atomic mass is 10.2. The number of alkyl carbamates (subject to hydrolysis) is 1. The Morgan fingerprint density at radius 3 is 2.71 bits per heavy atom. The number of hydrogen-bond donors (Lipinski definition) is 1. The average Bonchev–Trinajstić information content (AvgIpc) is 2.36. The highest BCUT2D eigenvalue weighted by Crippen LogP contribution is 2.19. The van der Waals surface area contributed by atoms with Crippen molar-refractivity contribution in [3.63, 3.8) is 0 Å². The molecule has 0 aliphatic heterocycles. The van der Waals surface area contributed by atoms with Crippen LogP contribution in [0.25, 0.3) is 0 Å². The largest absolute Gasteiger partial charge is 0.487 e. The number of amides is 1. The third kappa shape index (κ3) is 6.13. The van der Waals surface area contributed by atoms with Gasteiger partial charge in [-0.05, 0) is 45.9 Å². The van der Waals surface area contributed by atoms with E-state index in [1.165, 1.54) is 12.1 Å². The van der Waals surface area contributed by atoms with E-state index in [4.69, 9.17) is 14.7 Å². The van der Waals surface area contributed by atoms with Crippen molar-refractivity contribution >= 4 is 6.09 Å². The van der Waals surface area contributed by atoms with E-state index < -0.39 is 23.6 Å². The predicted molar refractivity (Wildman–Crippen MR) is 75.4 cm³/mol. The van der Waals surface area contributed by atoms with E-state index in [-0.39, 0.29) is 17.9 Å². The van der Waals surface area contributed by atoms with Crippen molar-refractivity contribution in [3.8, 4) is 11.8 Å². The van der Waals surface area contributed by atoms with Gasteiger partial charge in [-0.2, -0.15) is 5.26 Å². The van der Waals surface area contributed by atoms with Gasteiger partial charge in [-0.3, -0.25) is 0 Å². The van der Waals surface area contributed by atoms with Gasteiger partial charge in [0.2, 0.25) is 0 Å². The number of hydrogen-bond acceptors (Lipinski definition) is 4. The average molecular weight is 294 g/mol. The van der Waals surface area contributed by atoms with Crippen LogP contribution < -0.4 is 10.1 Å². The minimum absolute atomic E-state index is 0.110. The molecule has 0 unspecified atom stereocenters. The number of nitriles is 1. The first-order chi connectivity index (χ1) is 9.71. The number of nitrogens with one attached hydrogen (secondary N) is 1. The van der Waals surface area contributed by atoms with Gasteiger partial charge in [-0.25, -0.2) is 9.18 Å². The van der Waals surface area contributed by atoms with Crippen LogP contribution in [0, 0.1) is 17.1 Å². The Hall–Kier alpha value is -2.29. The van der Waals surface area contributed by atoms with Crippen LogP contribution >= 0.6 is 0 Å². The maximum absolute atomic E-state index is 13.0. The monoisotopic (exact) mass is 294 g/mol. The third-order valence-electron chi connectivity index (χ3n) is 2.32. The molecule has 1 aromatic carbocycles. The molecule has 0 saturated heterocycles. The van der Waals surface area contributed by atoms with Gasteiger partial charge in [0.25, 0.3) is 0 Å². The molecule has 0 spiro atoms. The van der Waals surface area contributed by atoms with Crippen LogP contribution in [0.15, 0.2) is 18.2 Å². The van der Waals surface area contributed by atoms with Crippen LogP contribution in [-0.2, 0) is 4.74 Å². The molecular weight excluding hydrogens is 275 g/mol. The van der Waals surface area contributed by atoms with Crippen LogP contribution in [0.5, 0.6) is 5.75 Å². The highest BCUT2D eigenvalue weighted by atomic mass is 19.1. The first-order valence-electron chi connectivity index (χ1n) is 6.54. The molecule has 0 aliphatic rings. The second-order valence-corrected chi connectivity index (χ2v) is 5.56. The van der Waals surface area contributed by atoms with Crippen LogP contribution in [0.2, 0.25) is 0 Å². The minimum atomic E-state index is -0.570. The topological polar surface area (TPSA) is 71.3 Å². The van der Waals surface area contributed by atoms with Crippen LogP contribution in [0.1, 0.15) is 33.3 Å². The van der Waals surface area contributed by atoms with Crippen molar-refractivity contribution in [2.75, 3.05) is 6.54 Å². The molecule has 1 atom stereocenters. The molecule has 1 amide bonds. The summed E-state index contributed by atoms with van der Waals surface area (Å²) in [5, 5.41) is 11.5. The Morgan fingerprint density at radius 1 is 1.48 bits per heavy atom. The molecule has 0 radical (unpaired) electrons. The van der Waals surface area contributed by atoms with Gasteiger partial charge in [0.05, 0.1) is 12.1 Å². The number of halogens is 1. The highest BCUT2D eigenvalue weighted by molar-refractivity contribution is 5.67. The first-order valence-corrected chi connectivity index (χ1v) is 6.54. The molecule has 1 N–H and O–H groups in total. The van der Waals surface area contributed by atoms with E-state index in [1.807, 2.05) is 6.07 Å². The zero-order valence-corrected chi connectivity index (χ0v) is 12.6. The normalized spacial score (nSPS) is 12.2. The summed E-state index contributed by atoms with van der Waals surface area (Å²) in [6.07, 6.45) is -0.937. The van der Waals surface area contributed by atoms with Crippen molar-refractivity contribution in [2.24, 2.45) is 0 Å². The van der Waals surface area contributed by atoms with Crippen LogP contribution in [0.4, 0.5) is 9.18 Å². The predicted octanol–water partition coefficient (Wildman–Crippen LogP) is 2.99. The SMILES string of the molecule is C[C@@H](CNC(=O)OC(C)(C)C)Oc1ccc(F)cc1C#N. The second kappa shape index (κ2) is 6.93. The fourth-order valence-electron chi connectivity index (χ4n) is 1.49. The minimum Gasteiger partial charge on any atom is -0.487 e. The maximum Gasteiger partial charge on any atom is 0.407 e. The van der Waals surface area contributed by atoms with Crippen molar-refractivity contribution in [2.45, 2.75) is 39.4 Å². The Bertz CT molecular complexity index is 547. The Morgan fingerprint density at radius 2 is 2.14 bits per heavy atom. The van der Waals surface area contributed by atoms with Gasteiger partial charge in [-0.1, -0.05) is 0 Å². The fourth-order valence-corrected chi connectivity index (χ4v) is 1.49. The standard InChI is InChI=1S/C15H19FN2O3/c1-10(9-18-14(19)21-15(2,3)4)20-13-6-5-12(16)7-11(13)8-17/h5-7,10H,9H2,1-4H3,(H,18,19)/t10-/m0/s1. The highest BCUT2D eigenvalue weighted by Gasteiger charge is 2.17. The van der Waals surface area contributed by atoms with Crippen molar-refractivity contribution in [1.82, 2.24) is 5.32 Å². The summed E-state index contributed by atoms with van der Waals surface area (Å²) >= 11 is 0. The molecule has 0 aliphatic carbocycles. The van der Waals surface area contributed by atoms with Gasteiger partial charge in [-0.15, -0.1) is 0 Å². The molecule has 0 bridgehead atoms. The summed E-state index contributed by atoms with van der Waals surface area (Å²) < 4.78 is 23.6. The number of rotatable bonds is 4. The van der Waals surface area contributed by atoms with Gasteiger partial charge < -0.3 is 14.8 Å². The number of carbonyl (C=O) groups excluding carboxylic acids is 1. The van der Waals surface area contributed by atoms with Gasteiger partial charge in [0.1, 0.15) is 29.3 Å². The Kier molecular flexibility index (Phi) is 5.53. The number of ether oxygens (including phenoxy) is 2. The van der Waals surface area contributed by atoms with Crippen molar-refractivity contribution in [3.05, 3.63) is 29.6 Å². The first kappa shape index (κ1) is 16.8. The lowest BCUT2D eigenvalue weighted by Crippen LogP contribution is -2.37. The third-order valence-corrected chi connectivity index (χ3v) is 2.32. The zero-order chi connectivity index (χ0) is 16.0. The Balaban J connectivity index is 2.53. The summed E-state index contributed by atoms with van der Waals surface area (Å²) in [5.74, 6) is -0.226. The van der Waals surface area contributed by atoms with Gasteiger partial charge in [0.15, 0.2) is 0 Å². The number of carbonyl (C=O) groups is 1. The molecule has 6 heteroatoms. The molecule has 0 aromatic heterocycles. The van der Waals surface area contributed by atoms with Gasteiger partial charge >= 0.3 is 6.09 Å².